The molecule has 0 saturated heterocycles. The van der Waals surface area contributed by atoms with Crippen LogP contribution in [-0.2, 0) is 11.2 Å². The topological polar surface area (TPSA) is 73.2 Å². The Kier molecular flexibility index (Phi) is 5.66. The molecule has 2 aromatic heterocycles. The smallest absolute Gasteiger partial charge is 0.244 e. The first-order chi connectivity index (χ1) is 14.7. The van der Waals surface area contributed by atoms with Crippen LogP contribution in [0.4, 0.5) is 4.39 Å². The molecule has 6 nitrogen and oxygen atoms in total. The monoisotopic (exact) mass is 441 g/mol. The van der Waals surface area contributed by atoms with E-state index in [0.29, 0.717) is 29.2 Å². The number of ether oxygens (including phenoxy) is 1. The number of Topliss-reactive ketones (excluding diaryl/α,β-unsaturated/α-hetero) is 1. The number of carbonyl (C=O) groups excluding carboxylic acids is 2. The number of halogens is 1. The van der Waals surface area contributed by atoms with Gasteiger partial charge in [0.05, 0.1) is 17.1 Å². The minimum Gasteiger partial charge on any atom is -0.487 e. The number of amides is 1. The summed E-state index contributed by atoms with van der Waals surface area (Å²) in [4.78, 5) is 25.7. The molecule has 2 atom stereocenters. The van der Waals surface area contributed by atoms with Gasteiger partial charge in [0.15, 0.2) is 5.78 Å². The summed E-state index contributed by atoms with van der Waals surface area (Å²) >= 11 is 1.32. The fourth-order valence-electron chi connectivity index (χ4n) is 3.87. The second kappa shape index (κ2) is 8.26. The molecule has 1 amide bonds. The standard InChI is InChI=1S/C23H24FN3O3S/c1-12-7-13(2)27(26-12)14(3)23(29)25-11-18-9-16-8-17(24)10-19(22(16)30-18)21-6-5-20(31-21)15(4)28/h5-8,10,14,18H,9,11H2,1-4H3,(H,25,29)/t14-,18+/m1/s1. The normalized spacial score (nSPS) is 16.0. The van der Waals surface area contributed by atoms with Gasteiger partial charge in [-0.1, -0.05) is 0 Å². The molecule has 1 N–H and O–H groups in total. The maximum Gasteiger partial charge on any atom is 0.244 e. The van der Waals surface area contributed by atoms with Crippen LogP contribution in [0.5, 0.6) is 5.75 Å². The molecule has 0 aliphatic carbocycles. The van der Waals surface area contributed by atoms with Crippen LogP contribution in [0.1, 0.15) is 46.5 Å². The van der Waals surface area contributed by atoms with E-state index in [1.165, 1.54) is 30.4 Å². The molecule has 0 fully saturated rings. The number of thiophene rings is 1. The van der Waals surface area contributed by atoms with Gasteiger partial charge in [-0.15, -0.1) is 11.3 Å². The fraction of sp³-hybridized carbons (Fsp3) is 0.348. The Balaban J connectivity index is 1.46. The number of ketones is 1. The number of nitrogens with zero attached hydrogens (tertiary/aromatic N) is 2. The maximum atomic E-state index is 14.3. The number of fused-ring (bicyclic) bond motifs is 1. The molecule has 8 heteroatoms. The van der Waals surface area contributed by atoms with Crippen LogP contribution in [0.15, 0.2) is 30.3 Å². The van der Waals surface area contributed by atoms with Crippen LogP contribution < -0.4 is 10.1 Å². The predicted octanol–water partition coefficient (Wildman–Crippen LogP) is 4.25. The second-order valence-corrected chi connectivity index (χ2v) is 8.98. The van der Waals surface area contributed by atoms with Crippen molar-refractivity contribution >= 4 is 23.0 Å². The van der Waals surface area contributed by atoms with Crippen LogP contribution in [0.25, 0.3) is 10.4 Å². The van der Waals surface area contributed by atoms with Crippen molar-refractivity contribution in [2.24, 2.45) is 0 Å². The second-order valence-electron chi connectivity index (χ2n) is 7.90. The molecular formula is C23H24FN3O3S. The third-order valence-electron chi connectivity index (χ3n) is 5.38. The van der Waals surface area contributed by atoms with E-state index in [4.69, 9.17) is 4.74 Å². The van der Waals surface area contributed by atoms with Crippen molar-refractivity contribution in [3.63, 3.8) is 0 Å². The lowest BCUT2D eigenvalue weighted by atomic mass is 10.0. The van der Waals surface area contributed by atoms with E-state index in [1.54, 1.807) is 17.7 Å². The van der Waals surface area contributed by atoms with Gasteiger partial charge in [0.2, 0.25) is 5.91 Å². The number of rotatable bonds is 6. The molecule has 0 spiro atoms. The first-order valence-corrected chi connectivity index (χ1v) is 10.9. The van der Waals surface area contributed by atoms with Gasteiger partial charge < -0.3 is 10.1 Å². The van der Waals surface area contributed by atoms with Crippen LogP contribution in [0.2, 0.25) is 0 Å². The van der Waals surface area contributed by atoms with Gasteiger partial charge >= 0.3 is 0 Å². The molecule has 4 rings (SSSR count). The van der Waals surface area contributed by atoms with Crippen LogP contribution in [0, 0.1) is 19.7 Å². The molecule has 3 heterocycles. The van der Waals surface area contributed by atoms with Crippen LogP contribution in [0.3, 0.4) is 0 Å². The van der Waals surface area contributed by atoms with E-state index in [9.17, 15) is 14.0 Å². The molecular weight excluding hydrogens is 417 g/mol. The summed E-state index contributed by atoms with van der Waals surface area (Å²) in [6.07, 6.45) is 0.207. The minimum atomic E-state index is -0.443. The van der Waals surface area contributed by atoms with Gasteiger partial charge in [0.1, 0.15) is 23.7 Å². The number of benzene rings is 1. The highest BCUT2D eigenvalue weighted by atomic mass is 32.1. The van der Waals surface area contributed by atoms with Gasteiger partial charge in [-0.05, 0) is 58.0 Å². The zero-order valence-corrected chi connectivity index (χ0v) is 18.7. The van der Waals surface area contributed by atoms with Crippen molar-refractivity contribution in [2.75, 3.05) is 6.54 Å². The van der Waals surface area contributed by atoms with E-state index in [1.807, 2.05) is 26.0 Å². The van der Waals surface area contributed by atoms with E-state index in [2.05, 4.69) is 10.4 Å². The summed E-state index contributed by atoms with van der Waals surface area (Å²) in [6, 6.07) is 7.94. The van der Waals surface area contributed by atoms with Gasteiger partial charge in [0, 0.05) is 28.1 Å². The summed E-state index contributed by atoms with van der Waals surface area (Å²) in [5.74, 6) is 0.0891. The molecule has 0 radical (unpaired) electrons. The largest absolute Gasteiger partial charge is 0.487 e. The lowest BCUT2D eigenvalue weighted by molar-refractivity contribution is -0.124. The van der Waals surface area contributed by atoms with Gasteiger partial charge in [-0.2, -0.15) is 5.10 Å². The zero-order chi connectivity index (χ0) is 22.3. The highest BCUT2D eigenvalue weighted by Crippen LogP contribution is 2.42. The molecule has 162 valence electrons. The number of aromatic nitrogens is 2. The quantitative estimate of drug-likeness (QED) is 0.581. The Morgan fingerprint density at radius 2 is 2.10 bits per heavy atom. The van der Waals surface area contributed by atoms with E-state index >= 15 is 0 Å². The summed E-state index contributed by atoms with van der Waals surface area (Å²) in [5.41, 5.74) is 3.18. The number of aryl methyl sites for hydroxylation is 2. The van der Waals surface area contributed by atoms with Gasteiger partial charge in [0.25, 0.3) is 0 Å². The molecule has 1 aliphatic heterocycles. The Morgan fingerprint density at radius 3 is 2.74 bits per heavy atom. The maximum absolute atomic E-state index is 14.3. The van der Waals surface area contributed by atoms with Crippen molar-refractivity contribution in [1.29, 1.82) is 0 Å². The number of hydrogen-bond donors (Lipinski definition) is 1. The predicted molar refractivity (Wildman–Crippen MR) is 117 cm³/mol. The Labute approximate surface area is 184 Å². The van der Waals surface area contributed by atoms with Gasteiger partial charge in [-0.3, -0.25) is 14.3 Å². The molecule has 0 bridgehead atoms. The fourth-order valence-corrected chi connectivity index (χ4v) is 4.79. The van der Waals surface area contributed by atoms with E-state index in [0.717, 1.165) is 21.8 Å². The third-order valence-corrected chi connectivity index (χ3v) is 6.60. The molecule has 3 aromatic rings. The van der Waals surface area contributed by atoms with Crippen molar-refractivity contribution < 1.29 is 18.7 Å². The van der Waals surface area contributed by atoms with Crippen molar-refractivity contribution in [2.45, 2.75) is 46.3 Å². The SMILES string of the molecule is CC(=O)c1ccc(-c2cc(F)cc3c2O[C@H](CNC(=O)[C@@H](C)n2nc(C)cc2C)C3)s1. The highest BCUT2D eigenvalue weighted by Gasteiger charge is 2.29. The Hall–Kier alpha value is -3.00. The minimum absolute atomic E-state index is 0.0254. The average molecular weight is 442 g/mol. The summed E-state index contributed by atoms with van der Waals surface area (Å²) in [6.45, 7) is 7.42. The van der Waals surface area contributed by atoms with Crippen molar-refractivity contribution in [3.8, 4) is 16.2 Å². The molecule has 0 unspecified atom stereocenters. The highest BCUT2D eigenvalue weighted by molar-refractivity contribution is 7.17. The molecule has 0 saturated carbocycles. The molecule has 1 aromatic carbocycles. The zero-order valence-electron chi connectivity index (χ0n) is 17.9. The summed E-state index contributed by atoms with van der Waals surface area (Å²) in [7, 11) is 0. The van der Waals surface area contributed by atoms with Crippen LogP contribution in [-0.4, -0.2) is 34.1 Å². The number of nitrogens with one attached hydrogen (secondary N) is 1. The average Bonchev–Trinajstić information content (AvgIpc) is 3.42. The first kappa shape index (κ1) is 21.2. The van der Waals surface area contributed by atoms with Crippen LogP contribution >= 0.6 is 11.3 Å². The Morgan fingerprint density at radius 1 is 1.32 bits per heavy atom. The van der Waals surface area contributed by atoms with Crippen molar-refractivity contribution in [1.82, 2.24) is 15.1 Å². The van der Waals surface area contributed by atoms with Crippen molar-refractivity contribution in [3.05, 3.63) is 58.0 Å². The summed E-state index contributed by atoms with van der Waals surface area (Å²) in [5, 5.41) is 7.30. The Bertz CT molecular complexity index is 1170. The summed E-state index contributed by atoms with van der Waals surface area (Å²) < 4.78 is 22.0. The number of hydrogen-bond acceptors (Lipinski definition) is 5. The molecule has 1 aliphatic rings. The van der Waals surface area contributed by atoms with E-state index in [-0.39, 0.29) is 23.6 Å². The first-order valence-electron chi connectivity index (χ1n) is 10.1. The van der Waals surface area contributed by atoms with Gasteiger partial charge in [-0.25, -0.2) is 4.39 Å². The lowest BCUT2D eigenvalue weighted by Gasteiger charge is -2.17. The molecule has 31 heavy (non-hydrogen) atoms. The number of carbonyl (C=O) groups is 2. The van der Waals surface area contributed by atoms with E-state index < -0.39 is 6.04 Å². The third kappa shape index (κ3) is 4.25. The lowest BCUT2D eigenvalue weighted by Crippen LogP contribution is -2.38.